The van der Waals surface area contributed by atoms with Crippen molar-refractivity contribution >= 4 is 40.2 Å². The van der Waals surface area contributed by atoms with Gasteiger partial charge >= 0.3 is 0 Å². The molecule has 0 atom stereocenters. The van der Waals surface area contributed by atoms with E-state index in [9.17, 15) is 4.79 Å². The van der Waals surface area contributed by atoms with E-state index >= 15 is 0 Å². The lowest BCUT2D eigenvalue weighted by Crippen LogP contribution is -2.17. The van der Waals surface area contributed by atoms with Crippen LogP contribution in [0.15, 0.2) is 11.0 Å². The lowest BCUT2D eigenvalue weighted by atomic mass is 10.0. The van der Waals surface area contributed by atoms with Crippen LogP contribution in [0.1, 0.15) is 11.1 Å². The van der Waals surface area contributed by atoms with Crippen LogP contribution in [-0.2, 0) is 12.8 Å². The van der Waals surface area contributed by atoms with Crippen molar-refractivity contribution in [1.82, 2.24) is 10.2 Å². The topological polar surface area (TPSA) is 32.3 Å². The van der Waals surface area contributed by atoms with Gasteiger partial charge in [-0.25, -0.2) is 0 Å². The summed E-state index contributed by atoms with van der Waals surface area (Å²) in [5.74, 6) is 0. The summed E-state index contributed by atoms with van der Waals surface area (Å²) < 4.78 is 0. The van der Waals surface area contributed by atoms with Crippen molar-refractivity contribution in [2.45, 2.75) is 17.7 Å². The third-order valence-corrected chi connectivity index (χ3v) is 5.01. The Morgan fingerprint density at radius 3 is 2.47 bits per heavy atom. The average molecular weight is 319 g/mol. The number of fused-ring (bicyclic) bond motifs is 1. The zero-order valence-corrected chi connectivity index (χ0v) is 13.3. The number of carbonyl (C=O) groups is 1. The van der Waals surface area contributed by atoms with Gasteiger partial charge in [-0.05, 0) is 54.9 Å². The SMILES string of the molecule is CN(C)C(=O)Sc1c(Cl)cc(Cl)c2c1CCNCC2. The largest absolute Gasteiger partial charge is 0.339 e. The monoisotopic (exact) mass is 318 g/mol. The van der Waals surface area contributed by atoms with E-state index in [4.69, 9.17) is 23.2 Å². The summed E-state index contributed by atoms with van der Waals surface area (Å²) in [6, 6.07) is 1.75. The molecule has 0 bridgehead atoms. The first-order valence-corrected chi connectivity index (χ1v) is 7.67. The molecule has 0 radical (unpaired) electrons. The smallest absolute Gasteiger partial charge is 0.285 e. The molecule has 6 heteroatoms. The molecule has 0 saturated heterocycles. The van der Waals surface area contributed by atoms with E-state index in [0.29, 0.717) is 10.0 Å². The van der Waals surface area contributed by atoms with Crippen molar-refractivity contribution in [3.8, 4) is 0 Å². The number of hydrogen-bond acceptors (Lipinski definition) is 3. The second kappa shape index (κ2) is 6.35. The average Bonchev–Trinajstić information content (AvgIpc) is 2.59. The summed E-state index contributed by atoms with van der Waals surface area (Å²) >= 11 is 13.7. The van der Waals surface area contributed by atoms with Gasteiger partial charge in [0.2, 0.25) is 0 Å². The van der Waals surface area contributed by atoms with E-state index in [1.165, 1.54) is 11.8 Å². The van der Waals surface area contributed by atoms with Crippen LogP contribution < -0.4 is 5.32 Å². The molecule has 1 aliphatic heterocycles. The summed E-state index contributed by atoms with van der Waals surface area (Å²) in [5.41, 5.74) is 2.23. The number of halogens is 2. The number of nitrogens with zero attached hydrogens (tertiary/aromatic N) is 1. The van der Waals surface area contributed by atoms with Crippen LogP contribution in [0, 0.1) is 0 Å². The third kappa shape index (κ3) is 3.37. The highest BCUT2D eigenvalue weighted by Crippen LogP contribution is 2.38. The third-order valence-electron chi connectivity index (χ3n) is 3.06. The Labute approximate surface area is 127 Å². The number of amides is 1. The summed E-state index contributed by atoms with van der Waals surface area (Å²) in [6.07, 6.45) is 1.72. The normalized spacial score (nSPS) is 14.7. The highest BCUT2D eigenvalue weighted by Gasteiger charge is 2.21. The number of nitrogens with one attached hydrogen (secondary N) is 1. The molecule has 0 unspecified atom stereocenters. The molecule has 0 aliphatic carbocycles. The maximum Gasteiger partial charge on any atom is 0.285 e. The van der Waals surface area contributed by atoms with Crippen molar-refractivity contribution in [1.29, 1.82) is 0 Å². The Hall–Kier alpha value is -0.420. The van der Waals surface area contributed by atoms with Gasteiger partial charge in [-0.15, -0.1) is 0 Å². The Bertz CT molecular complexity index is 506. The maximum atomic E-state index is 11.9. The van der Waals surface area contributed by atoms with Crippen LogP contribution in [0.5, 0.6) is 0 Å². The van der Waals surface area contributed by atoms with Crippen molar-refractivity contribution in [3.63, 3.8) is 0 Å². The molecule has 3 nitrogen and oxygen atoms in total. The van der Waals surface area contributed by atoms with Crippen molar-refractivity contribution in [2.24, 2.45) is 0 Å². The van der Waals surface area contributed by atoms with Gasteiger partial charge in [0.25, 0.3) is 5.24 Å². The molecule has 1 heterocycles. The second-order valence-corrected chi connectivity index (χ2v) is 6.41. The van der Waals surface area contributed by atoms with Crippen LogP contribution in [0.25, 0.3) is 0 Å². The molecule has 1 aromatic rings. The van der Waals surface area contributed by atoms with Gasteiger partial charge in [-0.3, -0.25) is 4.79 Å². The van der Waals surface area contributed by atoms with Gasteiger partial charge in [0.05, 0.1) is 5.02 Å². The molecule has 1 N–H and O–H groups in total. The van der Waals surface area contributed by atoms with E-state index in [1.807, 2.05) is 0 Å². The Kier molecular flexibility index (Phi) is 5.01. The molecule has 0 fully saturated rings. The fourth-order valence-corrected chi connectivity index (χ4v) is 3.64. The van der Waals surface area contributed by atoms with Crippen LogP contribution >= 0.6 is 35.0 Å². The Morgan fingerprint density at radius 2 is 1.84 bits per heavy atom. The number of benzene rings is 1. The van der Waals surface area contributed by atoms with Crippen LogP contribution in [-0.4, -0.2) is 37.3 Å². The van der Waals surface area contributed by atoms with Gasteiger partial charge in [-0.2, -0.15) is 0 Å². The van der Waals surface area contributed by atoms with E-state index in [0.717, 1.165) is 42.0 Å². The van der Waals surface area contributed by atoms with Gasteiger partial charge < -0.3 is 10.2 Å². The number of thioether (sulfide) groups is 1. The molecule has 0 saturated carbocycles. The van der Waals surface area contributed by atoms with E-state index in [-0.39, 0.29) is 5.24 Å². The molecule has 2 rings (SSSR count). The Balaban J connectivity index is 2.44. The van der Waals surface area contributed by atoms with Gasteiger partial charge in [0.15, 0.2) is 0 Å². The minimum Gasteiger partial charge on any atom is -0.339 e. The van der Waals surface area contributed by atoms with Gasteiger partial charge in [-0.1, -0.05) is 23.2 Å². The minimum atomic E-state index is -0.0244. The summed E-state index contributed by atoms with van der Waals surface area (Å²) in [7, 11) is 3.47. The predicted octanol–water partition coefficient (Wildman–Crippen LogP) is 3.46. The van der Waals surface area contributed by atoms with E-state index in [1.54, 1.807) is 25.1 Å². The van der Waals surface area contributed by atoms with E-state index < -0.39 is 0 Å². The first-order valence-electron chi connectivity index (χ1n) is 6.10. The first-order chi connectivity index (χ1) is 9.00. The quantitative estimate of drug-likeness (QED) is 0.805. The van der Waals surface area contributed by atoms with Gasteiger partial charge in [0.1, 0.15) is 0 Å². The van der Waals surface area contributed by atoms with Crippen molar-refractivity contribution in [3.05, 3.63) is 27.2 Å². The molecule has 104 valence electrons. The van der Waals surface area contributed by atoms with E-state index in [2.05, 4.69) is 5.32 Å². The molecule has 0 aromatic heterocycles. The zero-order valence-electron chi connectivity index (χ0n) is 10.9. The first kappa shape index (κ1) is 15.0. The van der Waals surface area contributed by atoms with Gasteiger partial charge in [0, 0.05) is 24.0 Å². The molecule has 1 aliphatic rings. The fraction of sp³-hybridized carbons (Fsp3) is 0.462. The minimum absolute atomic E-state index is 0.0244. The van der Waals surface area contributed by atoms with Crippen LogP contribution in [0.2, 0.25) is 10.0 Å². The second-order valence-electron chi connectivity index (χ2n) is 4.64. The maximum absolute atomic E-state index is 11.9. The summed E-state index contributed by atoms with van der Waals surface area (Å²) in [5, 5.41) is 4.57. The number of hydrogen-bond donors (Lipinski definition) is 1. The molecular weight excluding hydrogens is 303 g/mol. The van der Waals surface area contributed by atoms with Crippen LogP contribution in [0.4, 0.5) is 4.79 Å². The molecular formula is C13H16Cl2N2OS. The molecule has 1 amide bonds. The lowest BCUT2D eigenvalue weighted by Gasteiger charge is -2.16. The van der Waals surface area contributed by atoms with Crippen molar-refractivity contribution in [2.75, 3.05) is 27.2 Å². The Morgan fingerprint density at radius 1 is 1.21 bits per heavy atom. The molecule has 0 spiro atoms. The highest BCUT2D eigenvalue weighted by atomic mass is 35.5. The lowest BCUT2D eigenvalue weighted by molar-refractivity contribution is 0.241. The summed E-state index contributed by atoms with van der Waals surface area (Å²) in [6.45, 7) is 1.79. The fourth-order valence-electron chi connectivity index (χ4n) is 2.06. The predicted molar refractivity (Wildman–Crippen MR) is 81.7 cm³/mol. The summed E-state index contributed by atoms with van der Waals surface area (Å²) in [4.78, 5) is 14.3. The molecule has 1 aromatic carbocycles. The zero-order chi connectivity index (χ0) is 14.0. The van der Waals surface area contributed by atoms with Crippen LogP contribution in [0.3, 0.4) is 0 Å². The highest BCUT2D eigenvalue weighted by molar-refractivity contribution is 8.13. The van der Waals surface area contributed by atoms with Crippen molar-refractivity contribution < 1.29 is 4.79 Å². The molecule has 19 heavy (non-hydrogen) atoms. The standard InChI is InChI=1S/C13H16Cl2N2OS/c1-17(2)13(18)19-12-9-4-6-16-5-3-8(9)10(14)7-11(12)15/h7,16H,3-6H2,1-2H3. The number of carbonyl (C=O) groups excluding carboxylic acids is 1. The number of rotatable bonds is 1.